The van der Waals surface area contributed by atoms with Crippen LogP contribution in [0.25, 0.3) is 0 Å². The number of anilines is 1. The fourth-order valence-electron chi connectivity index (χ4n) is 3.29. The summed E-state index contributed by atoms with van der Waals surface area (Å²) in [5, 5.41) is 2.82. The van der Waals surface area contributed by atoms with Crippen molar-refractivity contribution in [1.82, 2.24) is 5.32 Å². The Morgan fingerprint density at radius 1 is 1.14 bits per heavy atom. The molecule has 0 aromatic heterocycles. The summed E-state index contributed by atoms with van der Waals surface area (Å²) in [6.07, 6.45) is 2.56. The number of hydrogen-bond donors (Lipinski definition) is 1. The van der Waals surface area contributed by atoms with Gasteiger partial charge in [-0.3, -0.25) is 9.10 Å². The minimum atomic E-state index is -3.88. The van der Waals surface area contributed by atoms with Crippen molar-refractivity contribution >= 4 is 21.6 Å². The molecule has 2 aromatic rings. The molecule has 1 saturated heterocycles. The summed E-state index contributed by atoms with van der Waals surface area (Å²) in [7, 11) is -3.88. The molecule has 0 aliphatic carbocycles. The fourth-order valence-corrected chi connectivity index (χ4v) is 4.77. The van der Waals surface area contributed by atoms with Gasteiger partial charge >= 0.3 is 0 Å². The molecular weight excluding hydrogens is 376 g/mol. The number of nitrogens with zero attached hydrogens (tertiary/aromatic N) is 1. The predicted octanol–water partition coefficient (Wildman–Crippen LogP) is 2.74. The minimum absolute atomic E-state index is 0.00561. The van der Waals surface area contributed by atoms with E-state index in [0.717, 1.165) is 18.4 Å². The fraction of sp³-hybridized carbons (Fsp3) is 0.381. The van der Waals surface area contributed by atoms with Crippen molar-refractivity contribution in [3.63, 3.8) is 0 Å². The Morgan fingerprint density at radius 3 is 2.54 bits per heavy atom. The molecule has 0 spiro atoms. The molecule has 1 aliphatic heterocycles. The largest absolute Gasteiger partial charge is 0.376 e. The topological polar surface area (TPSA) is 75.7 Å². The van der Waals surface area contributed by atoms with Crippen molar-refractivity contribution in [3.05, 3.63) is 60.2 Å². The second kappa shape index (κ2) is 9.21. The predicted molar refractivity (Wildman–Crippen MR) is 109 cm³/mol. The Morgan fingerprint density at radius 2 is 1.86 bits per heavy atom. The van der Waals surface area contributed by atoms with Gasteiger partial charge in [-0.1, -0.05) is 43.3 Å². The molecule has 0 saturated carbocycles. The standard InChI is InChI=1S/C21H26N2O4S/c1-2-17-9-6-7-13-20(17)23(28(25,26)19-11-4-3-5-12-19)16-21(24)22-15-18-10-8-14-27-18/h3-7,9,11-13,18H,2,8,10,14-16H2,1H3,(H,22,24)/t18-/m0/s1. The van der Waals surface area contributed by atoms with E-state index in [0.29, 0.717) is 25.3 Å². The summed E-state index contributed by atoms with van der Waals surface area (Å²) < 4.78 is 33.4. The highest BCUT2D eigenvalue weighted by Crippen LogP contribution is 2.27. The number of carbonyl (C=O) groups is 1. The monoisotopic (exact) mass is 402 g/mol. The molecule has 1 aliphatic rings. The quantitative estimate of drug-likeness (QED) is 0.737. The number of para-hydroxylation sites is 1. The van der Waals surface area contributed by atoms with Gasteiger partial charge in [-0.05, 0) is 43.0 Å². The van der Waals surface area contributed by atoms with Gasteiger partial charge in [0.2, 0.25) is 5.91 Å². The van der Waals surface area contributed by atoms with Crippen LogP contribution in [0.1, 0.15) is 25.3 Å². The number of nitrogens with one attached hydrogen (secondary N) is 1. The van der Waals surface area contributed by atoms with Crippen LogP contribution in [0.5, 0.6) is 0 Å². The van der Waals surface area contributed by atoms with Crippen molar-refractivity contribution in [2.75, 3.05) is 24.0 Å². The molecule has 150 valence electrons. The first-order valence-corrected chi connectivity index (χ1v) is 11.0. The number of aryl methyl sites for hydroxylation is 1. The molecule has 1 amide bonds. The highest BCUT2D eigenvalue weighted by Gasteiger charge is 2.28. The van der Waals surface area contributed by atoms with E-state index in [1.807, 2.05) is 19.1 Å². The molecule has 28 heavy (non-hydrogen) atoms. The number of sulfonamides is 1. The maximum atomic E-state index is 13.3. The van der Waals surface area contributed by atoms with Crippen LogP contribution in [0.4, 0.5) is 5.69 Å². The zero-order chi connectivity index (χ0) is 20.0. The van der Waals surface area contributed by atoms with E-state index in [1.54, 1.807) is 42.5 Å². The van der Waals surface area contributed by atoms with Crippen molar-refractivity contribution in [1.29, 1.82) is 0 Å². The van der Waals surface area contributed by atoms with Gasteiger partial charge in [-0.15, -0.1) is 0 Å². The first-order valence-electron chi connectivity index (χ1n) is 9.56. The van der Waals surface area contributed by atoms with Gasteiger partial charge in [0.05, 0.1) is 16.7 Å². The molecule has 1 atom stereocenters. The summed E-state index contributed by atoms with van der Waals surface area (Å²) in [6.45, 7) is 2.79. The maximum Gasteiger partial charge on any atom is 0.264 e. The van der Waals surface area contributed by atoms with E-state index in [9.17, 15) is 13.2 Å². The third-order valence-corrected chi connectivity index (χ3v) is 6.58. The molecule has 1 N–H and O–H groups in total. The van der Waals surface area contributed by atoms with E-state index in [-0.39, 0.29) is 23.5 Å². The van der Waals surface area contributed by atoms with Crippen molar-refractivity contribution in [3.8, 4) is 0 Å². The van der Waals surface area contributed by atoms with E-state index >= 15 is 0 Å². The highest BCUT2D eigenvalue weighted by atomic mass is 32.2. The molecule has 0 radical (unpaired) electrons. The van der Waals surface area contributed by atoms with Crippen LogP contribution < -0.4 is 9.62 Å². The molecular formula is C21H26N2O4S. The van der Waals surface area contributed by atoms with Crippen LogP contribution >= 0.6 is 0 Å². The SMILES string of the molecule is CCc1ccccc1N(CC(=O)NC[C@@H]1CCCO1)S(=O)(=O)c1ccccc1. The average molecular weight is 403 g/mol. The Hall–Kier alpha value is -2.38. The van der Waals surface area contributed by atoms with E-state index in [2.05, 4.69) is 5.32 Å². The molecule has 2 aromatic carbocycles. The van der Waals surface area contributed by atoms with Crippen LogP contribution in [0.3, 0.4) is 0 Å². The second-order valence-corrected chi connectivity index (χ2v) is 8.61. The lowest BCUT2D eigenvalue weighted by atomic mass is 10.1. The van der Waals surface area contributed by atoms with Gasteiger partial charge in [0, 0.05) is 13.2 Å². The number of ether oxygens (including phenoxy) is 1. The minimum Gasteiger partial charge on any atom is -0.376 e. The number of hydrogen-bond acceptors (Lipinski definition) is 4. The third kappa shape index (κ3) is 4.72. The average Bonchev–Trinajstić information content (AvgIpc) is 3.25. The summed E-state index contributed by atoms with van der Waals surface area (Å²) in [5.41, 5.74) is 1.40. The van der Waals surface area contributed by atoms with Crippen molar-refractivity contribution in [2.24, 2.45) is 0 Å². The van der Waals surface area contributed by atoms with Gasteiger partial charge in [0.25, 0.3) is 10.0 Å². The van der Waals surface area contributed by atoms with E-state index in [4.69, 9.17) is 4.74 Å². The van der Waals surface area contributed by atoms with Crippen LogP contribution in [0.2, 0.25) is 0 Å². The Balaban J connectivity index is 1.87. The van der Waals surface area contributed by atoms with Gasteiger partial charge < -0.3 is 10.1 Å². The van der Waals surface area contributed by atoms with Crippen LogP contribution in [0, 0.1) is 0 Å². The number of benzene rings is 2. The normalized spacial score (nSPS) is 16.7. The van der Waals surface area contributed by atoms with E-state index in [1.165, 1.54) is 4.31 Å². The zero-order valence-electron chi connectivity index (χ0n) is 16.0. The van der Waals surface area contributed by atoms with Crippen molar-refractivity contribution in [2.45, 2.75) is 37.2 Å². The van der Waals surface area contributed by atoms with Crippen LogP contribution in [-0.2, 0) is 26.0 Å². The van der Waals surface area contributed by atoms with Gasteiger partial charge in [0.1, 0.15) is 6.54 Å². The molecule has 1 fully saturated rings. The molecule has 0 bridgehead atoms. The number of rotatable bonds is 8. The molecule has 7 heteroatoms. The lowest BCUT2D eigenvalue weighted by Gasteiger charge is -2.26. The first-order chi connectivity index (χ1) is 13.5. The van der Waals surface area contributed by atoms with Gasteiger partial charge in [0.15, 0.2) is 0 Å². The number of carbonyl (C=O) groups excluding carboxylic acids is 1. The Kier molecular flexibility index (Phi) is 6.70. The summed E-state index contributed by atoms with van der Waals surface area (Å²) in [5.74, 6) is -0.346. The summed E-state index contributed by atoms with van der Waals surface area (Å²) in [4.78, 5) is 12.7. The number of amides is 1. The maximum absolute atomic E-state index is 13.3. The molecule has 0 unspecified atom stereocenters. The first kappa shape index (κ1) is 20.4. The molecule has 3 rings (SSSR count). The van der Waals surface area contributed by atoms with Crippen molar-refractivity contribution < 1.29 is 17.9 Å². The summed E-state index contributed by atoms with van der Waals surface area (Å²) in [6, 6.07) is 15.5. The molecule has 1 heterocycles. The zero-order valence-corrected chi connectivity index (χ0v) is 16.8. The van der Waals surface area contributed by atoms with E-state index < -0.39 is 10.0 Å². The van der Waals surface area contributed by atoms with Gasteiger partial charge in [-0.25, -0.2) is 8.42 Å². The third-order valence-electron chi connectivity index (χ3n) is 4.81. The van der Waals surface area contributed by atoms with Gasteiger partial charge in [-0.2, -0.15) is 0 Å². The Labute approximate surface area is 166 Å². The second-order valence-electron chi connectivity index (χ2n) is 6.75. The summed E-state index contributed by atoms with van der Waals surface area (Å²) >= 11 is 0. The van der Waals surface area contributed by atoms with Crippen LogP contribution in [0.15, 0.2) is 59.5 Å². The highest BCUT2D eigenvalue weighted by molar-refractivity contribution is 7.92. The lowest BCUT2D eigenvalue weighted by molar-refractivity contribution is -0.120. The smallest absolute Gasteiger partial charge is 0.264 e. The lowest BCUT2D eigenvalue weighted by Crippen LogP contribution is -2.43. The Bertz CT molecular complexity index is 894. The molecule has 6 nitrogen and oxygen atoms in total. The van der Waals surface area contributed by atoms with Crippen LogP contribution in [-0.4, -0.2) is 40.1 Å².